The van der Waals surface area contributed by atoms with Crippen LogP contribution in [0, 0.1) is 17.8 Å². The molecule has 14 heavy (non-hydrogen) atoms. The zero-order valence-corrected chi connectivity index (χ0v) is 7.96. The van der Waals surface area contributed by atoms with Gasteiger partial charge < -0.3 is 20.7 Å². The fourth-order valence-corrected chi connectivity index (χ4v) is 2.86. The maximum Gasteiger partial charge on any atom is 0.310 e. The highest BCUT2D eigenvalue weighted by Gasteiger charge is 2.59. The molecule has 2 fully saturated rings. The van der Waals surface area contributed by atoms with Gasteiger partial charge in [-0.3, -0.25) is 4.79 Å². The summed E-state index contributed by atoms with van der Waals surface area (Å²) in [6.07, 6.45) is -0.997. The summed E-state index contributed by atoms with van der Waals surface area (Å²) in [6, 6.07) is -0.383. The number of methoxy groups -OCH3 is 1. The first-order valence-electron chi connectivity index (χ1n) is 4.77. The van der Waals surface area contributed by atoms with Gasteiger partial charge in [0.2, 0.25) is 0 Å². The minimum absolute atomic E-state index is 0.168. The minimum atomic E-state index is -0.830. The molecule has 0 aromatic carbocycles. The summed E-state index contributed by atoms with van der Waals surface area (Å²) in [4.78, 5) is 11.4. The number of rotatable bonds is 1. The molecule has 4 N–H and O–H groups in total. The first-order valence-corrected chi connectivity index (χ1v) is 4.77. The molecule has 0 spiro atoms. The van der Waals surface area contributed by atoms with Crippen LogP contribution in [0.5, 0.6) is 0 Å². The number of aliphatic hydroxyl groups excluding tert-OH is 2. The van der Waals surface area contributed by atoms with Gasteiger partial charge in [-0.1, -0.05) is 0 Å². The topological polar surface area (TPSA) is 92.8 Å². The molecule has 2 saturated carbocycles. The van der Waals surface area contributed by atoms with Gasteiger partial charge in [-0.2, -0.15) is 0 Å². The molecule has 2 bridgehead atoms. The summed E-state index contributed by atoms with van der Waals surface area (Å²) in [7, 11) is 1.31. The Kier molecular flexibility index (Phi) is 2.25. The molecule has 0 aliphatic heterocycles. The molecule has 2 aliphatic rings. The summed E-state index contributed by atoms with van der Waals surface area (Å²) in [5, 5.41) is 19.2. The fraction of sp³-hybridized carbons (Fsp3) is 0.889. The van der Waals surface area contributed by atoms with E-state index in [4.69, 9.17) is 5.73 Å². The van der Waals surface area contributed by atoms with Crippen LogP contribution in [0.2, 0.25) is 0 Å². The zero-order valence-electron chi connectivity index (χ0n) is 7.96. The van der Waals surface area contributed by atoms with Crippen LogP contribution in [0.25, 0.3) is 0 Å². The highest BCUT2D eigenvalue weighted by molar-refractivity contribution is 5.74. The van der Waals surface area contributed by atoms with E-state index in [0.29, 0.717) is 6.42 Å². The zero-order chi connectivity index (χ0) is 10.5. The molecule has 0 amide bonds. The van der Waals surface area contributed by atoms with Crippen LogP contribution < -0.4 is 5.73 Å². The molecule has 5 nitrogen and oxygen atoms in total. The molecular weight excluding hydrogens is 186 g/mol. The first-order chi connectivity index (χ1) is 6.57. The van der Waals surface area contributed by atoms with E-state index in [1.807, 2.05) is 0 Å². The van der Waals surface area contributed by atoms with Crippen LogP contribution >= 0.6 is 0 Å². The summed E-state index contributed by atoms with van der Waals surface area (Å²) in [5.74, 6) is -1.24. The molecule has 0 aromatic rings. The van der Waals surface area contributed by atoms with Crippen molar-refractivity contribution in [3.63, 3.8) is 0 Å². The average Bonchev–Trinajstić information content (AvgIpc) is 2.64. The molecule has 2 rings (SSSR count). The third-order valence-electron chi connectivity index (χ3n) is 3.62. The normalized spacial score (nSPS) is 50.9. The SMILES string of the molecule is COC(=O)[C@@H]1[C@H](N)[C@@H]2C[C@H]1[C@@H](O)[C@H]2O. The molecular formula is C9H15NO4. The van der Waals surface area contributed by atoms with E-state index in [0.717, 1.165) is 0 Å². The van der Waals surface area contributed by atoms with Crippen LogP contribution in [0.1, 0.15) is 6.42 Å². The van der Waals surface area contributed by atoms with Crippen molar-refractivity contribution in [1.82, 2.24) is 0 Å². The van der Waals surface area contributed by atoms with Gasteiger partial charge in [0.05, 0.1) is 25.2 Å². The van der Waals surface area contributed by atoms with Gasteiger partial charge in [0.1, 0.15) is 0 Å². The van der Waals surface area contributed by atoms with E-state index in [1.165, 1.54) is 7.11 Å². The van der Waals surface area contributed by atoms with Gasteiger partial charge in [0.25, 0.3) is 0 Å². The van der Waals surface area contributed by atoms with Crippen molar-refractivity contribution in [3.05, 3.63) is 0 Å². The highest BCUT2D eigenvalue weighted by Crippen LogP contribution is 2.48. The quantitative estimate of drug-likeness (QED) is 0.448. The molecule has 0 radical (unpaired) electrons. The van der Waals surface area contributed by atoms with E-state index in [-0.39, 0.29) is 23.8 Å². The Balaban J connectivity index is 2.20. The number of carbonyl (C=O) groups is 1. The first kappa shape index (κ1) is 9.89. The molecule has 0 saturated heterocycles. The van der Waals surface area contributed by atoms with Crippen molar-refractivity contribution in [1.29, 1.82) is 0 Å². The van der Waals surface area contributed by atoms with E-state index >= 15 is 0 Å². The van der Waals surface area contributed by atoms with E-state index in [2.05, 4.69) is 4.74 Å². The molecule has 2 aliphatic carbocycles. The van der Waals surface area contributed by atoms with Gasteiger partial charge >= 0.3 is 5.97 Å². The summed E-state index contributed by atoms with van der Waals surface area (Å²) < 4.78 is 4.63. The Morgan fingerprint density at radius 2 is 1.93 bits per heavy atom. The second-order valence-corrected chi connectivity index (χ2v) is 4.17. The second kappa shape index (κ2) is 3.18. The maximum absolute atomic E-state index is 11.4. The Morgan fingerprint density at radius 3 is 2.43 bits per heavy atom. The number of hydrogen-bond acceptors (Lipinski definition) is 5. The third kappa shape index (κ3) is 1.09. The van der Waals surface area contributed by atoms with Crippen LogP contribution in [0.3, 0.4) is 0 Å². The molecule has 0 aromatic heterocycles. The lowest BCUT2D eigenvalue weighted by Crippen LogP contribution is -2.51. The van der Waals surface area contributed by atoms with Crippen molar-refractivity contribution in [2.75, 3.05) is 7.11 Å². The number of hydrogen-bond donors (Lipinski definition) is 3. The van der Waals surface area contributed by atoms with Crippen molar-refractivity contribution in [3.8, 4) is 0 Å². The summed E-state index contributed by atoms with van der Waals surface area (Å²) >= 11 is 0. The van der Waals surface area contributed by atoms with Crippen molar-refractivity contribution < 1.29 is 19.7 Å². The van der Waals surface area contributed by atoms with Crippen LogP contribution in [-0.4, -0.2) is 41.5 Å². The van der Waals surface area contributed by atoms with Crippen molar-refractivity contribution >= 4 is 5.97 Å². The van der Waals surface area contributed by atoms with E-state index in [9.17, 15) is 15.0 Å². The van der Waals surface area contributed by atoms with Gasteiger partial charge in [0, 0.05) is 17.9 Å². The number of nitrogens with two attached hydrogens (primary N) is 1. The van der Waals surface area contributed by atoms with Gasteiger partial charge in [-0.05, 0) is 6.42 Å². The third-order valence-corrected chi connectivity index (χ3v) is 3.62. The molecule has 80 valence electrons. The molecule has 0 unspecified atom stereocenters. The van der Waals surface area contributed by atoms with Gasteiger partial charge in [-0.25, -0.2) is 0 Å². The molecule has 6 atom stereocenters. The number of ether oxygens (including phenoxy) is 1. The van der Waals surface area contributed by atoms with Gasteiger partial charge in [-0.15, -0.1) is 0 Å². The van der Waals surface area contributed by atoms with Crippen molar-refractivity contribution in [2.24, 2.45) is 23.5 Å². The van der Waals surface area contributed by atoms with Gasteiger partial charge in [0.15, 0.2) is 0 Å². The number of carbonyl (C=O) groups excluding carboxylic acids is 1. The smallest absolute Gasteiger partial charge is 0.310 e. The van der Waals surface area contributed by atoms with E-state index in [1.54, 1.807) is 0 Å². The molecule has 0 heterocycles. The predicted octanol–water partition coefficient (Wildman–Crippen LogP) is -1.53. The minimum Gasteiger partial charge on any atom is -0.469 e. The number of aliphatic hydroxyl groups is 2. The molecule has 5 heteroatoms. The Hall–Kier alpha value is -0.650. The van der Waals surface area contributed by atoms with Crippen LogP contribution in [-0.2, 0) is 9.53 Å². The lowest BCUT2D eigenvalue weighted by Gasteiger charge is -2.32. The Labute approximate surface area is 81.9 Å². The number of fused-ring (bicyclic) bond motifs is 2. The lowest BCUT2D eigenvalue weighted by atomic mass is 9.81. The lowest BCUT2D eigenvalue weighted by molar-refractivity contribution is -0.152. The standard InChI is InChI=1S/C9H15NO4/c1-14-9(13)5-3-2-4(6(5)10)8(12)7(3)11/h3-8,11-12H,2,10H2,1H3/t3-,4+,5+,6-,7-,8+/m1/s1. The van der Waals surface area contributed by atoms with Crippen LogP contribution in [0.4, 0.5) is 0 Å². The second-order valence-electron chi connectivity index (χ2n) is 4.17. The Bertz CT molecular complexity index is 257. The fourth-order valence-electron chi connectivity index (χ4n) is 2.86. The highest BCUT2D eigenvalue weighted by atomic mass is 16.5. The largest absolute Gasteiger partial charge is 0.469 e. The predicted molar refractivity (Wildman–Crippen MR) is 47.1 cm³/mol. The monoisotopic (exact) mass is 201 g/mol. The van der Waals surface area contributed by atoms with E-state index < -0.39 is 18.1 Å². The number of esters is 1. The maximum atomic E-state index is 11.4. The van der Waals surface area contributed by atoms with Crippen molar-refractivity contribution in [2.45, 2.75) is 24.7 Å². The summed E-state index contributed by atoms with van der Waals surface area (Å²) in [5.41, 5.74) is 5.82. The average molecular weight is 201 g/mol. The van der Waals surface area contributed by atoms with Crippen LogP contribution in [0.15, 0.2) is 0 Å². The summed E-state index contributed by atoms with van der Waals surface area (Å²) in [6.45, 7) is 0. The Morgan fingerprint density at radius 1 is 1.36 bits per heavy atom.